The third kappa shape index (κ3) is 3.22. The van der Waals surface area contributed by atoms with Gasteiger partial charge in [0.1, 0.15) is 0 Å². The molecule has 2 aromatic rings. The van der Waals surface area contributed by atoms with Crippen LogP contribution in [0.4, 0.5) is 0 Å². The molecule has 0 spiro atoms. The predicted octanol–water partition coefficient (Wildman–Crippen LogP) is 4.56. The van der Waals surface area contributed by atoms with Crippen LogP contribution in [-0.4, -0.2) is 16.5 Å². The molecule has 3 nitrogen and oxygen atoms in total. The highest BCUT2D eigenvalue weighted by molar-refractivity contribution is 5.56. The molecule has 0 radical (unpaired) electrons. The van der Waals surface area contributed by atoms with Crippen LogP contribution in [0.15, 0.2) is 18.3 Å². The van der Waals surface area contributed by atoms with Crippen molar-refractivity contribution in [2.45, 2.75) is 64.2 Å². The monoisotopic (exact) mass is 286 g/mol. The predicted molar refractivity (Wildman–Crippen MR) is 86.1 cm³/mol. The third-order valence-electron chi connectivity index (χ3n) is 4.59. The van der Waals surface area contributed by atoms with Gasteiger partial charge < -0.3 is 9.14 Å². The highest BCUT2D eigenvalue weighted by Crippen LogP contribution is 2.25. The average molecular weight is 286 g/mol. The van der Waals surface area contributed by atoms with E-state index in [9.17, 15) is 0 Å². The van der Waals surface area contributed by atoms with Crippen molar-refractivity contribution in [3.63, 3.8) is 0 Å². The molecule has 0 amide bonds. The van der Waals surface area contributed by atoms with Crippen molar-refractivity contribution in [3.8, 4) is 5.75 Å². The molecule has 3 heteroatoms. The van der Waals surface area contributed by atoms with Crippen molar-refractivity contribution in [1.29, 1.82) is 0 Å². The van der Waals surface area contributed by atoms with Gasteiger partial charge in [-0.05, 0) is 37.8 Å². The van der Waals surface area contributed by atoms with E-state index in [-0.39, 0.29) is 0 Å². The van der Waals surface area contributed by atoms with Crippen molar-refractivity contribution in [3.05, 3.63) is 29.7 Å². The van der Waals surface area contributed by atoms with E-state index in [0.717, 1.165) is 24.2 Å². The Morgan fingerprint density at radius 1 is 0.952 bits per heavy atom. The molecule has 0 saturated carbocycles. The van der Waals surface area contributed by atoms with Crippen molar-refractivity contribution >= 4 is 5.65 Å². The first-order valence-electron chi connectivity index (χ1n) is 8.43. The Hall–Kier alpha value is -1.51. The minimum absolute atomic E-state index is 0.884. The van der Waals surface area contributed by atoms with Crippen LogP contribution >= 0.6 is 0 Å². The second-order valence-corrected chi connectivity index (χ2v) is 6.10. The Bertz CT molecular complexity index is 588. The highest BCUT2D eigenvalue weighted by atomic mass is 16.5. The van der Waals surface area contributed by atoms with E-state index < -0.39 is 0 Å². The summed E-state index contributed by atoms with van der Waals surface area (Å²) in [6.07, 6.45) is 15.2. The van der Waals surface area contributed by atoms with Gasteiger partial charge >= 0.3 is 0 Å². The first kappa shape index (κ1) is 14.4. The summed E-state index contributed by atoms with van der Waals surface area (Å²) in [5, 5.41) is 0. The van der Waals surface area contributed by atoms with Gasteiger partial charge in [0.25, 0.3) is 0 Å². The summed E-state index contributed by atoms with van der Waals surface area (Å²) < 4.78 is 7.72. The van der Waals surface area contributed by atoms with E-state index >= 15 is 0 Å². The first-order chi connectivity index (χ1) is 10.4. The Balaban J connectivity index is 1.94. The minimum Gasteiger partial charge on any atom is -0.493 e. The SMILES string of the molecule is COc1cccn2c3c(nc12)CCCCCCCCCC3. The van der Waals surface area contributed by atoms with Gasteiger partial charge in [-0.2, -0.15) is 0 Å². The van der Waals surface area contributed by atoms with E-state index in [1.807, 2.05) is 6.07 Å². The molecule has 0 N–H and O–H groups in total. The second kappa shape index (κ2) is 6.97. The molecule has 0 unspecified atom stereocenters. The number of pyridine rings is 1. The molecule has 3 rings (SSSR count). The molecule has 2 heterocycles. The molecule has 2 aromatic heterocycles. The van der Waals surface area contributed by atoms with Crippen molar-refractivity contribution in [2.75, 3.05) is 7.11 Å². The summed E-state index contributed by atoms with van der Waals surface area (Å²) in [4.78, 5) is 4.89. The lowest BCUT2D eigenvalue weighted by Gasteiger charge is -2.08. The third-order valence-corrected chi connectivity index (χ3v) is 4.59. The van der Waals surface area contributed by atoms with Gasteiger partial charge in [-0.15, -0.1) is 0 Å². The largest absolute Gasteiger partial charge is 0.493 e. The molecular formula is C18H26N2O. The molecule has 114 valence electrons. The Morgan fingerprint density at radius 2 is 1.62 bits per heavy atom. The molecule has 1 aliphatic rings. The second-order valence-electron chi connectivity index (χ2n) is 6.10. The van der Waals surface area contributed by atoms with Gasteiger partial charge in [-0.1, -0.05) is 38.5 Å². The fourth-order valence-corrected chi connectivity index (χ4v) is 3.41. The zero-order valence-corrected chi connectivity index (χ0v) is 13.1. The van der Waals surface area contributed by atoms with Crippen molar-refractivity contribution in [1.82, 2.24) is 9.38 Å². The van der Waals surface area contributed by atoms with Gasteiger partial charge in [-0.3, -0.25) is 0 Å². The smallest absolute Gasteiger partial charge is 0.180 e. The van der Waals surface area contributed by atoms with Crippen molar-refractivity contribution < 1.29 is 4.74 Å². The number of hydrogen-bond donors (Lipinski definition) is 0. The fourth-order valence-electron chi connectivity index (χ4n) is 3.41. The lowest BCUT2D eigenvalue weighted by atomic mass is 10.0. The number of methoxy groups -OCH3 is 1. The van der Waals surface area contributed by atoms with Crippen LogP contribution in [-0.2, 0) is 12.8 Å². The quantitative estimate of drug-likeness (QED) is 0.768. The van der Waals surface area contributed by atoms with Crippen molar-refractivity contribution in [2.24, 2.45) is 0 Å². The summed E-state index contributed by atoms with van der Waals surface area (Å²) in [5.74, 6) is 0.884. The maximum atomic E-state index is 5.47. The van der Waals surface area contributed by atoms with Gasteiger partial charge in [0.05, 0.1) is 12.8 Å². The summed E-state index contributed by atoms with van der Waals surface area (Å²) in [5.41, 5.74) is 3.68. The summed E-state index contributed by atoms with van der Waals surface area (Å²) in [6.45, 7) is 0. The number of aryl methyl sites for hydroxylation is 2. The molecule has 21 heavy (non-hydrogen) atoms. The molecule has 0 atom stereocenters. The molecule has 0 bridgehead atoms. The van der Waals surface area contributed by atoms with Gasteiger partial charge in [-0.25, -0.2) is 4.98 Å². The highest BCUT2D eigenvalue weighted by Gasteiger charge is 2.14. The molecular weight excluding hydrogens is 260 g/mol. The Labute approximate surface area is 127 Å². The van der Waals surface area contributed by atoms with Crippen LogP contribution in [0.5, 0.6) is 5.75 Å². The lowest BCUT2D eigenvalue weighted by Crippen LogP contribution is -1.99. The maximum Gasteiger partial charge on any atom is 0.180 e. The number of fused-ring (bicyclic) bond motifs is 3. The Kier molecular flexibility index (Phi) is 4.79. The summed E-state index contributed by atoms with van der Waals surface area (Å²) >= 11 is 0. The lowest BCUT2D eigenvalue weighted by molar-refractivity contribution is 0.417. The van der Waals surface area contributed by atoms with E-state index in [2.05, 4.69) is 16.7 Å². The fraction of sp³-hybridized carbons (Fsp3) is 0.611. The Morgan fingerprint density at radius 3 is 2.33 bits per heavy atom. The number of imidazole rings is 1. The molecule has 0 aliphatic heterocycles. The van der Waals surface area contributed by atoms with E-state index in [1.165, 1.54) is 62.8 Å². The van der Waals surface area contributed by atoms with Gasteiger partial charge in [0, 0.05) is 11.9 Å². The number of rotatable bonds is 1. The van der Waals surface area contributed by atoms with Crippen LogP contribution in [0.1, 0.15) is 62.8 Å². The molecule has 0 fully saturated rings. The molecule has 0 aromatic carbocycles. The van der Waals surface area contributed by atoms with E-state index in [1.54, 1.807) is 7.11 Å². The zero-order chi connectivity index (χ0) is 14.5. The minimum atomic E-state index is 0.884. The number of ether oxygens (including phenoxy) is 1. The van der Waals surface area contributed by atoms with E-state index in [4.69, 9.17) is 9.72 Å². The zero-order valence-electron chi connectivity index (χ0n) is 13.1. The first-order valence-corrected chi connectivity index (χ1v) is 8.43. The topological polar surface area (TPSA) is 26.5 Å². The summed E-state index contributed by atoms with van der Waals surface area (Å²) in [7, 11) is 1.73. The normalized spacial score (nSPS) is 17.8. The number of hydrogen-bond acceptors (Lipinski definition) is 2. The average Bonchev–Trinajstić information content (AvgIpc) is 2.85. The van der Waals surface area contributed by atoms with E-state index in [0.29, 0.717) is 0 Å². The van der Waals surface area contributed by atoms with Gasteiger partial charge in [0.15, 0.2) is 11.4 Å². The van der Waals surface area contributed by atoms with Crippen LogP contribution in [0.3, 0.4) is 0 Å². The van der Waals surface area contributed by atoms with Crippen LogP contribution in [0.2, 0.25) is 0 Å². The maximum absolute atomic E-state index is 5.47. The number of nitrogens with zero attached hydrogens (tertiary/aromatic N) is 2. The molecule has 1 aliphatic carbocycles. The van der Waals surface area contributed by atoms with Gasteiger partial charge in [0.2, 0.25) is 0 Å². The molecule has 0 saturated heterocycles. The standard InChI is InChI=1S/C18H26N2O/c1-21-17-13-10-14-20-16-12-9-7-5-3-2-4-6-8-11-15(16)19-18(17)20/h10,13-14H,2-9,11-12H2,1H3. The number of aromatic nitrogens is 2. The van der Waals surface area contributed by atoms with Crippen LogP contribution < -0.4 is 4.74 Å². The van der Waals surface area contributed by atoms with Crippen LogP contribution in [0, 0.1) is 0 Å². The van der Waals surface area contributed by atoms with Crippen LogP contribution in [0.25, 0.3) is 5.65 Å². The summed E-state index contributed by atoms with van der Waals surface area (Å²) in [6, 6.07) is 4.06.